The maximum Gasteiger partial charge on any atom is 0.254 e. The van der Waals surface area contributed by atoms with E-state index >= 15 is 0 Å². The zero-order chi connectivity index (χ0) is 15.6. The molecule has 0 aliphatic heterocycles. The number of fused-ring (bicyclic) bond motifs is 1. The summed E-state index contributed by atoms with van der Waals surface area (Å²) in [7, 11) is 1.64. The molecule has 7 nitrogen and oxygen atoms in total. The highest BCUT2D eigenvalue weighted by Gasteiger charge is 2.35. The Morgan fingerprint density at radius 2 is 2.36 bits per heavy atom. The normalized spacial score (nSPS) is 25.5. The summed E-state index contributed by atoms with van der Waals surface area (Å²) in [5.41, 5.74) is 0.690. The second kappa shape index (κ2) is 6.18. The molecule has 0 radical (unpaired) electrons. The van der Waals surface area contributed by atoms with E-state index in [1.165, 1.54) is 12.7 Å². The third kappa shape index (κ3) is 2.91. The molecule has 120 valence electrons. The minimum atomic E-state index is -0.264. The number of methoxy groups -OCH3 is 1. The Bertz CT molecular complexity index is 644. The predicted octanol–water partition coefficient (Wildman–Crippen LogP) is 1.62. The van der Waals surface area contributed by atoms with Crippen LogP contribution in [0.1, 0.15) is 38.3 Å². The van der Waals surface area contributed by atoms with E-state index in [1.807, 2.05) is 6.07 Å². The molecule has 0 aromatic carbocycles. The lowest BCUT2D eigenvalue weighted by Crippen LogP contribution is -2.41. The zero-order valence-corrected chi connectivity index (χ0v) is 13.1. The average Bonchev–Trinajstić information content (AvgIpc) is 2.97. The molecule has 2 aromatic rings. The van der Waals surface area contributed by atoms with Crippen LogP contribution in [-0.2, 0) is 11.3 Å². The molecule has 1 aliphatic carbocycles. The van der Waals surface area contributed by atoms with Gasteiger partial charge in [0.25, 0.3) is 5.78 Å². The van der Waals surface area contributed by atoms with E-state index in [0.29, 0.717) is 18.9 Å². The summed E-state index contributed by atoms with van der Waals surface area (Å²) in [5.74, 6) is 1.37. The van der Waals surface area contributed by atoms with E-state index < -0.39 is 0 Å². The van der Waals surface area contributed by atoms with Crippen LogP contribution in [0.2, 0.25) is 0 Å². The summed E-state index contributed by atoms with van der Waals surface area (Å²) in [6, 6.07) is 1.92. The van der Waals surface area contributed by atoms with Crippen LogP contribution < -0.4 is 5.32 Å². The lowest BCUT2D eigenvalue weighted by atomic mass is 9.73. The topological polar surface area (TPSA) is 84.6 Å². The molecule has 2 aromatic heterocycles. The fourth-order valence-corrected chi connectivity index (χ4v) is 3.09. The van der Waals surface area contributed by atoms with Crippen molar-refractivity contribution in [3.8, 4) is 0 Å². The number of nitrogens with zero attached hydrogens (tertiary/aromatic N) is 4. The van der Waals surface area contributed by atoms with E-state index in [4.69, 9.17) is 4.74 Å². The highest BCUT2D eigenvalue weighted by Crippen LogP contribution is 2.36. The first-order valence-corrected chi connectivity index (χ1v) is 7.73. The van der Waals surface area contributed by atoms with Gasteiger partial charge in [0, 0.05) is 25.1 Å². The van der Waals surface area contributed by atoms with Crippen molar-refractivity contribution in [1.29, 1.82) is 0 Å². The molecule has 1 aliphatic rings. The maximum atomic E-state index is 10.3. The standard InChI is InChI=1S/C15H23N5O2/c1-15(6-4-3-5-12(15)21)9-16-13-7-11(8-22-2)19-14-17-10-18-20(13)14/h7,10,12,16,21H,3-6,8-9H2,1-2H3. The van der Waals surface area contributed by atoms with Crippen LogP contribution in [0.3, 0.4) is 0 Å². The minimum Gasteiger partial charge on any atom is -0.392 e. The summed E-state index contributed by atoms with van der Waals surface area (Å²) in [6.45, 7) is 3.26. The molecule has 2 atom stereocenters. The van der Waals surface area contributed by atoms with E-state index in [2.05, 4.69) is 27.3 Å². The fraction of sp³-hybridized carbons (Fsp3) is 0.667. The Balaban J connectivity index is 1.82. The molecular formula is C15H23N5O2. The second-order valence-corrected chi connectivity index (χ2v) is 6.31. The van der Waals surface area contributed by atoms with Crippen LogP contribution in [0.25, 0.3) is 5.78 Å². The molecule has 2 heterocycles. The molecule has 0 amide bonds. The van der Waals surface area contributed by atoms with Crippen LogP contribution in [-0.4, -0.2) is 44.4 Å². The summed E-state index contributed by atoms with van der Waals surface area (Å²) in [5, 5.41) is 17.9. The Morgan fingerprint density at radius 1 is 1.50 bits per heavy atom. The molecule has 1 fully saturated rings. The van der Waals surface area contributed by atoms with Crippen LogP contribution >= 0.6 is 0 Å². The van der Waals surface area contributed by atoms with Crippen molar-refractivity contribution < 1.29 is 9.84 Å². The van der Waals surface area contributed by atoms with Gasteiger partial charge in [-0.2, -0.15) is 14.6 Å². The molecule has 2 unspecified atom stereocenters. The highest BCUT2D eigenvalue weighted by atomic mass is 16.5. The molecule has 2 N–H and O–H groups in total. The van der Waals surface area contributed by atoms with Crippen LogP contribution in [0.4, 0.5) is 5.82 Å². The number of aliphatic hydroxyl groups excluding tert-OH is 1. The van der Waals surface area contributed by atoms with E-state index in [1.54, 1.807) is 11.6 Å². The highest BCUT2D eigenvalue weighted by molar-refractivity contribution is 5.45. The van der Waals surface area contributed by atoms with E-state index in [-0.39, 0.29) is 11.5 Å². The number of hydrogen-bond acceptors (Lipinski definition) is 6. The van der Waals surface area contributed by atoms with Crippen LogP contribution in [0.15, 0.2) is 12.4 Å². The Hall–Kier alpha value is -1.73. The molecule has 1 saturated carbocycles. The van der Waals surface area contributed by atoms with Gasteiger partial charge >= 0.3 is 0 Å². The zero-order valence-electron chi connectivity index (χ0n) is 13.1. The summed E-state index contributed by atoms with van der Waals surface area (Å²) >= 11 is 0. The smallest absolute Gasteiger partial charge is 0.254 e. The Labute approximate surface area is 129 Å². The lowest BCUT2D eigenvalue weighted by Gasteiger charge is -2.38. The number of anilines is 1. The first kappa shape index (κ1) is 15.2. The molecule has 0 bridgehead atoms. The molecule has 22 heavy (non-hydrogen) atoms. The number of hydrogen-bond donors (Lipinski definition) is 2. The molecule has 0 spiro atoms. The lowest BCUT2D eigenvalue weighted by molar-refractivity contribution is 0.00956. The van der Waals surface area contributed by atoms with Gasteiger partial charge in [0.15, 0.2) is 0 Å². The number of aliphatic hydroxyl groups is 1. The van der Waals surface area contributed by atoms with Gasteiger partial charge < -0.3 is 15.2 Å². The third-order valence-electron chi connectivity index (χ3n) is 4.55. The third-order valence-corrected chi connectivity index (χ3v) is 4.55. The van der Waals surface area contributed by atoms with Crippen LogP contribution in [0.5, 0.6) is 0 Å². The van der Waals surface area contributed by atoms with E-state index in [0.717, 1.165) is 30.8 Å². The second-order valence-electron chi connectivity index (χ2n) is 6.31. The fourth-order valence-electron chi connectivity index (χ4n) is 3.09. The summed E-state index contributed by atoms with van der Waals surface area (Å²) in [4.78, 5) is 8.53. The SMILES string of the molecule is COCc1cc(NCC2(C)CCCCC2O)n2ncnc2n1. The number of aromatic nitrogens is 4. The van der Waals surface area contributed by atoms with Crippen molar-refractivity contribution in [2.75, 3.05) is 19.0 Å². The first-order chi connectivity index (χ1) is 10.6. The minimum absolute atomic E-state index is 0.115. The van der Waals surface area contributed by atoms with Crippen molar-refractivity contribution in [3.05, 3.63) is 18.1 Å². The van der Waals surface area contributed by atoms with Gasteiger partial charge in [0.2, 0.25) is 0 Å². The Kier molecular flexibility index (Phi) is 4.26. The van der Waals surface area contributed by atoms with Gasteiger partial charge in [0.1, 0.15) is 12.1 Å². The number of nitrogens with one attached hydrogen (secondary N) is 1. The van der Waals surface area contributed by atoms with E-state index in [9.17, 15) is 5.11 Å². The van der Waals surface area contributed by atoms with Crippen LogP contribution in [0, 0.1) is 5.41 Å². The van der Waals surface area contributed by atoms with Gasteiger partial charge in [-0.1, -0.05) is 19.8 Å². The molecular weight excluding hydrogens is 282 g/mol. The monoisotopic (exact) mass is 305 g/mol. The molecule has 7 heteroatoms. The van der Waals surface area contributed by atoms with Crippen molar-refractivity contribution >= 4 is 11.6 Å². The predicted molar refractivity (Wildman–Crippen MR) is 82.6 cm³/mol. The summed E-state index contributed by atoms with van der Waals surface area (Å²) in [6.07, 6.45) is 5.40. The molecule has 0 saturated heterocycles. The Morgan fingerprint density at radius 3 is 3.14 bits per heavy atom. The van der Waals surface area contributed by atoms with Gasteiger partial charge in [-0.3, -0.25) is 0 Å². The molecule has 3 rings (SSSR count). The van der Waals surface area contributed by atoms with Gasteiger partial charge in [0.05, 0.1) is 18.4 Å². The van der Waals surface area contributed by atoms with Crippen molar-refractivity contribution in [1.82, 2.24) is 19.6 Å². The quantitative estimate of drug-likeness (QED) is 0.873. The first-order valence-electron chi connectivity index (χ1n) is 7.73. The maximum absolute atomic E-state index is 10.3. The van der Waals surface area contributed by atoms with Crippen molar-refractivity contribution in [2.45, 2.75) is 45.3 Å². The largest absolute Gasteiger partial charge is 0.392 e. The van der Waals surface area contributed by atoms with Gasteiger partial charge in [-0.25, -0.2) is 4.98 Å². The summed E-state index contributed by atoms with van der Waals surface area (Å²) < 4.78 is 6.83. The number of ether oxygens (including phenoxy) is 1. The van der Waals surface area contributed by atoms with Crippen molar-refractivity contribution in [3.63, 3.8) is 0 Å². The average molecular weight is 305 g/mol. The number of rotatable bonds is 5. The van der Waals surface area contributed by atoms with Gasteiger partial charge in [-0.15, -0.1) is 0 Å². The van der Waals surface area contributed by atoms with Crippen molar-refractivity contribution in [2.24, 2.45) is 5.41 Å². The van der Waals surface area contributed by atoms with Gasteiger partial charge in [-0.05, 0) is 12.8 Å².